The second-order valence-corrected chi connectivity index (χ2v) is 7.07. The van der Waals surface area contributed by atoms with Crippen LogP contribution in [-0.2, 0) is 4.79 Å². The Labute approximate surface area is 158 Å². The first-order valence-corrected chi connectivity index (χ1v) is 9.17. The van der Waals surface area contributed by atoms with Crippen molar-refractivity contribution >= 4 is 35.8 Å². The zero-order chi connectivity index (χ0) is 17.4. The van der Waals surface area contributed by atoms with Crippen molar-refractivity contribution in [2.45, 2.75) is 29.9 Å². The van der Waals surface area contributed by atoms with E-state index >= 15 is 0 Å². The van der Waals surface area contributed by atoms with Crippen LogP contribution in [0, 0.1) is 5.92 Å². The molecule has 1 aliphatic rings. The van der Waals surface area contributed by atoms with Crippen molar-refractivity contribution in [3.8, 4) is 0 Å². The maximum Gasteiger partial charge on any atom is 0.288 e. The summed E-state index contributed by atoms with van der Waals surface area (Å²) in [6.07, 6.45) is 3.38. The zero-order valence-electron chi connectivity index (χ0n) is 14.3. The highest BCUT2D eigenvalue weighted by Gasteiger charge is 2.21. The lowest BCUT2D eigenvalue weighted by Crippen LogP contribution is -2.39. The molecule has 1 saturated heterocycles. The summed E-state index contributed by atoms with van der Waals surface area (Å²) in [6, 6.07) is 6.68. The molecule has 0 spiro atoms. The summed E-state index contributed by atoms with van der Waals surface area (Å²) in [5, 5.41) is 5.94. The van der Waals surface area contributed by atoms with Crippen LogP contribution in [0.2, 0.25) is 0 Å². The first-order chi connectivity index (χ1) is 11.6. The number of hydrogen-bond acceptors (Lipinski definition) is 4. The number of nitrogens with one attached hydrogen (secondary N) is 2. The summed E-state index contributed by atoms with van der Waals surface area (Å²) >= 11 is 0.453. The molecule has 1 heterocycles. The zero-order valence-corrected chi connectivity index (χ0v) is 16.0. The van der Waals surface area contributed by atoms with E-state index in [1.54, 1.807) is 24.3 Å². The van der Waals surface area contributed by atoms with Crippen molar-refractivity contribution in [3.63, 3.8) is 0 Å². The fourth-order valence-electron chi connectivity index (χ4n) is 2.94. The summed E-state index contributed by atoms with van der Waals surface area (Å²) in [4.78, 5) is 14.7. The highest BCUT2D eigenvalue weighted by atomic mass is 35.5. The number of hydrogen-bond donors (Lipinski definition) is 2. The number of likely N-dealkylation sites (tertiary alicyclic amines) is 1. The number of thioether (sulfide) groups is 1. The molecule has 8 heteroatoms. The number of amides is 1. The van der Waals surface area contributed by atoms with Gasteiger partial charge in [0, 0.05) is 4.90 Å². The van der Waals surface area contributed by atoms with E-state index in [0.717, 1.165) is 38.4 Å². The largest absolute Gasteiger partial charge is 0.324 e. The smallest absolute Gasteiger partial charge is 0.288 e. The minimum Gasteiger partial charge on any atom is -0.324 e. The van der Waals surface area contributed by atoms with Gasteiger partial charge in [0.05, 0.1) is 12.2 Å². The van der Waals surface area contributed by atoms with Gasteiger partial charge in [0.25, 0.3) is 5.76 Å². The van der Waals surface area contributed by atoms with Crippen LogP contribution < -0.4 is 10.6 Å². The maximum absolute atomic E-state index is 12.6. The minimum absolute atomic E-state index is 0. The lowest BCUT2D eigenvalue weighted by molar-refractivity contribution is -0.117. The lowest BCUT2D eigenvalue weighted by atomic mass is 9.93. The van der Waals surface area contributed by atoms with Crippen molar-refractivity contribution in [1.29, 1.82) is 0 Å². The number of alkyl halides is 2. The van der Waals surface area contributed by atoms with Gasteiger partial charge in [-0.3, -0.25) is 9.69 Å². The number of piperidine rings is 1. The Kier molecular flexibility index (Phi) is 10.3. The van der Waals surface area contributed by atoms with E-state index in [4.69, 9.17) is 0 Å². The van der Waals surface area contributed by atoms with Crippen LogP contribution in [0.25, 0.3) is 0 Å². The molecule has 25 heavy (non-hydrogen) atoms. The molecule has 142 valence electrons. The van der Waals surface area contributed by atoms with E-state index < -0.39 is 5.76 Å². The Morgan fingerprint density at radius 3 is 2.64 bits per heavy atom. The minimum atomic E-state index is -2.50. The van der Waals surface area contributed by atoms with Gasteiger partial charge in [-0.05, 0) is 64.0 Å². The molecule has 0 aliphatic carbocycles. The van der Waals surface area contributed by atoms with Crippen LogP contribution in [-0.4, -0.2) is 49.8 Å². The van der Waals surface area contributed by atoms with Gasteiger partial charge in [0.2, 0.25) is 5.91 Å². The topological polar surface area (TPSA) is 44.4 Å². The summed E-state index contributed by atoms with van der Waals surface area (Å²) in [5.74, 6) is -1.93. The van der Waals surface area contributed by atoms with Gasteiger partial charge in [-0.1, -0.05) is 23.9 Å². The van der Waals surface area contributed by atoms with Crippen LogP contribution in [0.3, 0.4) is 0 Å². The molecule has 0 saturated carbocycles. The molecule has 0 radical (unpaired) electrons. The molecule has 1 fully saturated rings. The second kappa shape index (κ2) is 11.7. The molecule has 0 aromatic heterocycles. The number of benzene rings is 1. The molecule has 4 nitrogen and oxygen atoms in total. The molecule has 0 atom stereocenters. The lowest BCUT2D eigenvalue weighted by Gasteiger charge is -2.31. The predicted octanol–water partition coefficient (Wildman–Crippen LogP) is 3.68. The van der Waals surface area contributed by atoms with Crippen molar-refractivity contribution < 1.29 is 13.6 Å². The number of nitrogens with zero attached hydrogens (tertiary/aromatic N) is 1. The molecular weight excluding hydrogens is 368 g/mol. The molecule has 1 aliphatic heterocycles. The van der Waals surface area contributed by atoms with E-state index in [-0.39, 0.29) is 18.3 Å². The summed E-state index contributed by atoms with van der Waals surface area (Å²) in [5.41, 5.74) is 0.455. The fraction of sp³-hybridized carbons (Fsp3) is 0.588. The van der Waals surface area contributed by atoms with Crippen LogP contribution in [0.4, 0.5) is 14.5 Å². The quantitative estimate of drug-likeness (QED) is 0.661. The molecule has 2 N–H and O–H groups in total. The third-order valence-electron chi connectivity index (χ3n) is 4.25. The van der Waals surface area contributed by atoms with Gasteiger partial charge in [0.1, 0.15) is 0 Å². The Bertz CT molecular complexity index is 528. The second-order valence-electron chi connectivity index (χ2n) is 6.03. The van der Waals surface area contributed by atoms with Crippen LogP contribution >= 0.6 is 24.2 Å². The SMILES string of the molecule is CNCCC1CCN(CC(=O)Nc2ccccc2SC(F)F)CC1.Cl. The molecule has 1 amide bonds. The number of anilines is 1. The highest BCUT2D eigenvalue weighted by Crippen LogP contribution is 2.31. The molecular formula is C17H26ClF2N3OS. The summed E-state index contributed by atoms with van der Waals surface area (Å²) in [6.45, 7) is 3.17. The van der Waals surface area contributed by atoms with Crippen LogP contribution in [0.5, 0.6) is 0 Å². The van der Waals surface area contributed by atoms with Gasteiger partial charge >= 0.3 is 0 Å². The van der Waals surface area contributed by atoms with Crippen molar-refractivity contribution in [1.82, 2.24) is 10.2 Å². The van der Waals surface area contributed by atoms with Gasteiger partial charge in [0.15, 0.2) is 0 Å². The van der Waals surface area contributed by atoms with E-state index in [0.29, 0.717) is 28.9 Å². The molecule has 1 aromatic rings. The first-order valence-electron chi connectivity index (χ1n) is 8.29. The van der Waals surface area contributed by atoms with Gasteiger partial charge in [-0.25, -0.2) is 0 Å². The third kappa shape index (κ3) is 7.90. The standard InChI is InChI=1S/C17H25F2N3OS.ClH/c1-20-9-6-13-7-10-22(11-8-13)12-16(23)21-14-4-2-3-5-15(14)24-17(18)19;/h2-5,13,17,20H,6-12H2,1H3,(H,21,23);1H. The number of carbonyl (C=O) groups excluding carboxylic acids is 1. The van der Waals surface area contributed by atoms with E-state index in [1.165, 1.54) is 6.42 Å². The fourth-order valence-corrected chi connectivity index (χ4v) is 3.54. The van der Waals surface area contributed by atoms with E-state index in [9.17, 15) is 13.6 Å². The van der Waals surface area contributed by atoms with Crippen molar-refractivity contribution in [2.75, 3.05) is 38.5 Å². The monoisotopic (exact) mass is 393 g/mol. The van der Waals surface area contributed by atoms with Crippen molar-refractivity contribution in [3.05, 3.63) is 24.3 Å². The number of halogens is 3. The maximum atomic E-state index is 12.6. The Hall–Kier alpha value is -0.890. The molecule has 0 unspecified atom stereocenters. The Morgan fingerprint density at radius 2 is 2.00 bits per heavy atom. The summed E-state index contributed by atoms with van der Waals surface area (Å²) in [7, 11) is 1.96. The average molecular weight is 394 g/mol. The van der Waals surface area contributed by atoms with Gasteiger partial charge in [-0.2, -0.15) is 8.78 Å². The number of rotatable bonds is 8. The van der Waals surface area contributed by atoms with Gasteiger partial charge in [-0.15, -0.1) is 12.4 Å². The Balaban J connectivity index is 0.00000312. The Morgan fingerprint density at radius 1 is 1.32 bits per heavy atom. The average Bonchev–Trinajstić information content (AvgIpc) is 2.55. The predicted molar refractivity (Wildman–Crippen MR) is 102 cm³/mol. The third-order valence-corrected chi connectivity index (χ3v) is 5.04. The van der Waals surface area contributed by atoms with Crippen LogP contribution in [0.1, 0.15) is 19.3 Å². The first kappa shape index (κ1) is 22.2. The molecule has 0 bridgehead atoms. The molecule has 2 rings (SSSR count). The van der Waals surface area contributed by atoms with E-state index in [2.05, 4.69) is 15.5 Å². The number of para-hydroxylation sites is 1. The number of carbonyl (C=O) groups is 1. The summed E-state index contributed by atoms with van der Waals surface area (Å²) < 4.78 is 25.1. The molecule has 1 aromatic carbocycles. The van der Waals surface area contributed by atoms with Crippen LogP contribution in [0.15, 0.2) is 29.2 Å². The normalized spacial score (nSPS) is 15.8. The van der Waals surface area contributed by atoms with Crippen molar-refractivity contribution in [2.24, 2.45) is 5.92 Å². The highest BCUT2D eigenvalue weighted by molar-refractivity contribution is 7.99. The van der Waals surface area contributed by atoms with Gasteiger partial charge < -0.3 is 10.6 Å². The van der Waals surface area contributed by atoms with E-state index in [1.807, 2.05) is 7.05 Å².